The van der Waals surface area contributed by atoms with E-state index < -0.39 is 5.60 Å². The van der Waals surface area contributed by atoms with Crippen LogP contribution in [0.2, 0.25) is 5.15 Å². The average molecular weight is 210 g/mol. The predicted octanol–water partition coefficient (Wildman–Crippen LogP) is 2.17. The normalized spacial score (nSPS) is 10.6. The van der Waals surface area contributed by atoms with Crippen LogP contribution in [0, 0.1) is 18.8 Å². The fourth-order valence-electron chi connectivity index (χ4n) is 0.883. The summed E-state index contributed by atoms with van der Waals surface area (Å²) in [5.74, 6) is 5.58. The van der Waals surface area contributed by atoms with Crippen molar-refractivity contribution in [1.29, 1.82) is 0 Å². The van der Waals surface area contributed by atoms with Crippen molar-refractivity contribution in [2.45, 2.75) is 26.4 Å². The largest absolute Gasteiger partial charge is 0.378 e. The number of halogens is 1. The summed E-state index contributed by atoms with van der Waals surface area (Å²) >= 11 is 5.70. The Hall–Kier alpha value is -1.04. The van der Waals surface area contributed by atoms with Gasteiger partial charge in [-0.05, 0) is 32.9 Å². The van der Waals surface area contributed by atoms with Gasteiger partial charge in [-0.3, -0.25) is 0 Å². The van der Waals surface area contributed by atoms with Crippen LogP contribution in [0.5, 0.6) is 0 Å². The highest BCUT2D eigenvalue weighted by Crippen LogP contribution is 2.10. The molecule has 0 bridgehead atoms. The Labute approximate surface area is 88.9 Å². The quantitative estimate of drug-likeness (QED) is 0.525. The van der Waals surface area contributed by atoms with Gasteiger partial charge in [-0.2, -0.15) is 0 Å². The molecule has 1 rings (SSSR count). The van der Waals surface area contributed by atoms with Gasteiger partial charge in [0.25, 0.3) is 0 Å². The molecule has 0 radical (unpaired) electrons. The second-order valence-electron chi connectivity index (χ2n) is 3.58. The summed E-state index contributed by atoms with van der Waals surface area (Å²) in [6, 6.07) is 3.48. The van der Waals surface area contributed by atoms with E-state index in [9.17, 15) is 5.11 Å². The molecule has 0 unspecified atom stereocenters. The van der Waals surface area contributed by atoms with Crippen LogP contribution in [-0.4, -0.2) is 15.7 Å². The van der Waals surface area contributed by atoms with E-state index in [2.05, 4.69) is 16.8 Å². The van der Waals surface area contributed by atoms with Gasteiger partial charge >= 0.3 is 0 Å². The lowest BCUT2D eigenvalue weighted by Crippen LogP contribution is -2.14. The Morgan fingerprint density at radius 2 is 2.07 bits per heavy atom. The molecular formula is C11H12ClNO. The lowest BCUT2D eigenvalue weighted by Gasteiger charge is -2.06. The number of nitrogens with zero attached hydrogens (tertiary/aromatic N) is 1. The van der Waals surface area contributed by atoms with Gasteiger partial charge in [0.15, 0.2) is 0 Å². The minimum Gasteiger partial charge on any atom is -0.378 e. The van der Waals surface area contributed by atoms with E-state index in [0.717, 1.165) is 11.3 Å². The molecule has 2 nitrogen and oxygen atoms in total. The lowest BCUT2D eigenvalue weighted by atomic mass is 10.1. The summed E-state index contributed by atoms with van der Waals surface area (Å²) in [7, 11) is 0. The van der Waals surface area contributed by atoms with E-state index in [1.165, 1.54) is 0 Å². The smallest absolute Gasteiger partial charge is 0.129 e. The van der Waals surface area contributed by atoms with E-state index in [1.807, 2.05) is 6.92 Å². The van der Waals surface area contributed by atoms with Crippen molar-refractivity contribution >= 4 is 11.6 Å². The van der Waals surface area contributed by atoms with Gasteiger partial charge in [-0.25, -0.2) is 4.98 Å². The monoisotopic (exact) mass is 209 g/mol. The standard InChI is InChI=1S/C11H12ClNO/c1-8-9(4-5-10(12)13-8)6-7-11(2,3)14/h4-5,14H,1-3H3. The SMILES string of the molecule is Cc1nc(Cl)ccc1C#CC(C)(C)O. The molecule has 74 valence electrons. The third kappa shape index (κ3) is 3.37. The molecule has 0 fully saturated rings. The van der Waals surface area contributed by atoms with Crippen LogP contribution >= 0.6 is 11.6 Å². The Kier molecular flexibility index (Phi) is 3.15. The third-order valence-corrected chi connectivity index (χ3v) is 1.77. The number of hydrogen-bond donors (Lipinski definition) is 1. The maximum Gasteiger partial charge on any atom is 0.129 e. The van der Waals surface area contributed by atoms with Crippen molar-refractivity contribution in [2.75, 3.05) is 0 Å². The van der Waals surface area contributed by atoms with Crippen LogP contribution in [0.1, 0.15) is 25.1 Å². The number of aryl methyl sites for hydroxylation is 1. The molecule has 1 N–H and O–H groups in total. The van der Waals surface area contributed by atoms with Crippen LogP contribution in [0.25, 0.3) is 0 Å². The lowest BCUT2D eigenvalue weighted by molar-refractivity contribution is 0.143. The molecule has 3 heteroatoms. The molecule has 0 aliphatic carbocycles. The van der Waals surface area contributed by atoms with Gasteiger partial charge in [-0.15, -0.1) is 0 Å². The fourth-order valence-corrected chi connectivity index (χ4v) is 1.07. The summed E-state index contributed by atoms with van der Waals surface area (Å²) in [4.78, 5) is 4.06. The first kappa shape index (κ1) is 11.0. The zero-order valence-electron chi connectivity index (χ0n) is 8.43. The molecular weight excluding hydrogens is 198 g/mol. The van der Waals surface area contributed by atoms with E-state index in [4.69, 9.17) is 11.6 Å². The van der Waals surface area contributed by atoms with E-state index in [0.29, 0.717) is 5.15 Å². The number of hydrogen-bond acceptors (Lipinski definition) is 2. The van der Waals surface area contributed by atoms with E-state index in [-0.39, 0.29) is 0 Å². The molecule has 0 atom stereocenters. The third-order valence-electron chi connectivity index (χ3n) is 1.55. The highest BCUT2D eigenvalue weighted by atomic mass is 35.5. The van der Waals surface area contributed by atoms with Crippen molar-refractivity contribution in [3.63, 3.8) is 0 Å². The summed E-state index contributed by atoms with van der Waals surface area (Å²) in [6.45, 7) is 5.11. The van der Waals surface area contributed by atoms with Crippen LogP contribution in [0.15, 0.2) is 12.1 Å². The first-order valence-corrected chi connectivity index (χ1v) is 4.65. The molecule has 14 heavy (non-hydrogen) atoms. The van der Waals surface area contributed by atoms with Gasteiger partial charge < -0.3 is 5.11 Å². The van der Waals surface area contributed by atoms with Crippen molar-refractivity contribution < 1.29 is 5.11 Å². The van der Waals surface area contributed by atoms with E-state index >= 15 is 0 Å². The highest BCUT2D eigenvalue weighted by molar-refractivity contribution is 6.29. The Bertz CT molecular complexity index is 396. The maximum atomic E-state index is 9.40. The van der Waals surface area contributed by atoms with Crippen LogP contribution < -0.4 is 0 Å². The minimum absolute atomic E-state index is 0.455. The molecule has 0 saturated carbocycles. The second kappa shape index (κ2) is 4.00. The first-order chi connectivity index (χ1) is 6.38. The van der Waals surface area contributed by atoms with Crippen LogP contribution in [0.3, 0.4) is 0 Å². The first-order valence-electron chi connectivity index (χ1n) is 4.27. The van der Waals surface area contributed by atoms with Crippen LogP contribution in [-0.2, 0) is 0 Å². The zero-order valence-corrected chi connectivity index (χ0v) is 9.18. The number of pyridine rings is 1. The zero-order chi connectivity index (χ0) is 10.8. The average Bonchev–Trinajstić information content (AvgIpc) is 2.00. The van der Waals surface area contributed by atoms with Gasteiger partial charge in [0.2, 0.25) is 0 Å². The van der Waals surface area contributed by atoms with Gasteiger partial charge in [0, 0.05) is 5.56 Å². The molecule has 1 aromatic heterocycles. The van der Waals surface area contributed by atoms with Gasteiger partial charge in [0.1, 0.15) is 10.8 Å². The maximum absolute atomic E-state index is 9.40. The Morgan fingerprint density at radius 1 is 1.43 bits per heavy atom. The molecule has 1 heterocycles. The fraction of sp³-hybridized carbons (Fsp3) is 0.364. The second-order valence-corrected chi connectivity index (χ2v) is 3.96. The summed E-state index contributed by atoms with van der Waals surface area (Å²) in [5, 5.41) is 9.86. The van der Waals surface area contributed by atoms with Crippen molar-refractivity contribution in [2.24, 2.45) is 0 Å². The van der Waals surface area contributed by atoms with Crippen LogP contribution in [0.4, 0.5) is 0 Å². The molecule has 0 aliphatic rings. The van der Waals surface area contributed by atoms with Gasteiger partial charge in [-0.1, -0.05) is 23.4 Å². The Morgan fingerprint density at radius 3 is 2.57 bits per heavy atom. The highest BCUT2D eigenvalue weighted by Gasteiger charge is 2.06. The topological polar surface area (TPSA) is 33.1 Å². The molecule has 1 aromatic rings. The summed E-state index contributed by atoms with van der Waals surface area (Å²) < 4.78 is 0. The predicted molar refractivity (Wildman–Crippen MR) is 57.2 cm³/mol. The Balaban J connectivity index is 3.02. The van der Waals surface area contributed by atoms with Crippen molar-refractivity contribution in [1.82, 2.24) is 4.98 Å². The summed E-state index contributed by atoms with van der Waals surface area (Å²) in [6.07, 6.45) is 0. The van der Waals surface area contributed by atoms with Gasteiger partial charge in [0.05, 0.1) is 5.69 Å². The number of aromatic nitrogens is 1. The van der Waals surface area contributed by atoms with E-state index in [1.54, 1.807) is 26.0 Å². The summed E-state index contributed by atoms with van der Waals surface area (Å²) in [5.41, 5.74) is 0.581. The molecule has 0 spiro atoms. The molecule has 0 amide bonds. The molecule has 0 aliphatic heterocycles. The van der Waals surface area contributed by atoms with Crippen molar-refractivity contribution in [3.05, 3.63) is 28.5 Å². The van der Waals surface area contributed by atoms with Crippen molar-refractivity contribution in [3.8, 4) is 11.8 Å². The minimum atomic E-state index is -0.980. The molecule has 0 aromatic carbocycles. The molecule has 0 saturated heterocycles. The number of rotatable bonds is 0. The number of aliphatic hydroxyl groups is 1.